The number of fused-ring (bicyclic) bond motifs is 3. The first kappa shape index (κ1) is 18.9. The van der Waals surface area contributed by atoms with Gasteiger partial charge in [-0.3, -0.25) is 0 Å². The summed E-state index contributed by atoms with van der Waals surface area (Å²) in [4.78, 5) is 4.89. The van der Waals surface area contributed by atoms with Crippen LogP contribution in [-0.4, -0.2) is 61.3 Å². The van der Waals surface area contributed by atoms with Crippen LogP contribution in [0.5, 0.6) is 0 Å². The number of hydrazine groups is 1. The molecule has 2 aromatic carbocycles. The highest BCUT2D eigenvalue weighted by atomic mass is 19.1. The van der Waals surface area contributed by atoms with Crippen LogP contribution in [0.2, 0.25) is 0 Å². The zero-order valence-electron chi connectivity index (χ0n) is 17.0. The molecule has 1 N–H and O–H groups in total. The zero-order chi connectivity index (χ0) is 20.0. The Morgan fingerprint density at radius 2 is 1.90 bits per heavy atom. The summed E-state index contributed by atoms with van der Waals surface area (Å²) in [5, 5.41) is 15.5. The Balaban J connectivity index is 1.21. The second-order valence-electron chi connectivity index (χ2n) is 8.45. The average Bonchev–Trinajstić information content (AvgIpc) is 3.06. The maximum Gasteiger partial charge on any atom is 0.123 e. The van der Waals surface area contributed by atoms with Crippen LogP contribution in [0.15, 0.2) is 42.5 Å². The van der Waals surface area contributed by atoms with Crippen LogP contribution >= 0.6 is 0 Å². The third-order valence-corrected chi connectivity index (χ3v) is 6.67. The topological polar surface area (TPSA) is 33.2 Å². The minimum Gasteiger partial charge on any atom is -0.388 e. The highest BCUT2D eigenvalue weighted by Gasteiger charge is 2.42. The highest BCUT2D eigenvalue weighted by Crippen LogP contribution is 2.48. The molecule has 2 aromatic rings. The van der Waals surface area contributed by atoms with Gasteiger partial charge < -0.3 is 19.9 Å². The molecule has 5 rings (SSSR count). The van der Waals surface area contributed by atoms with Crippen molar-refractivity contribution in [1.82, 2.24) is 9.91 Å². The summed E-state index contributed by atoms with van der Waals surface area (Å²) in [6.45, 7) is 6.23. The van der Waals surface area contributed by atoms with E-state index in [1.807, 2.05) is 0 Å². The lowest BCUT2D eigenvalue weighted by Crippen LogP contribution is -2.54. The van der Waals surface area contributed by atoms with Crippen molar-refractivity contribution in [1.29, 1.82) is 0 Å². The smallest absolute Gasteiger partial charge is 0.123 e. The van der Waals surface area contributed by atoms with Crippen molar-refractivity contribution >= 4 is 11.4 Å². The van der Waals surface area contributed by atoms with Gasteiger partial charge in [-0.15, -0.1) is 0 Å². The fraction of sp³-hybridized carbons (Fsp3) is 0.478. The molecule has 0 radical (unpaired) electrons. The van der Waals surface area contributed by atoms with Crippen molar-refractivity contribution in [3.05, 3.63) is 59.4 Å². The van der Waals surface area contributed by atoms with Gasteiger partial charge in [-0.05, 0) is 48.7 Å². The monoisotopic (exact) mass is 396 g/mol. The number of hydrogen-bond acceptors (Lipinski definition) is 5. The van der Waals surface area contributed by atoms with Crippen molar-refractivity contribution in [2.24, 2.45) is 0 Å². The van der Waals surface area contributed by atoms with E-state index in [2.05, 4.69) is 45.1 Å². The van der Waals surface area contributed by atoms with Gasteiger partial charge in [0, 0.05) is 33.2 Å². The maximum atomic E-state index is 13.1. The van der Waals surface area contributed by atoms with Crippen molar-refractivity contribution in [3.8, 4) is 0 Å². The fourth-order valence-electron chi connectivity index (χ4n) is 5.08. The number of likely N-dealkylation sites (N-methyl/N-ethyl adjacent to an activating group) is 1. The molecule has 1 unspecified atom stereocenters. The van der Waals surface area contributed by atoms with Crippen molar-refractivity contribution < 1.29 is 9.50 Å². The molecule has 0 amide bonds. The third kappa shape index (κ3) is 3.39. The molecule has 6 heteroatoms. The normalized spacial score (nSPS) is 22.5. The fourth-order valence-corrected chi connectivity index (χ4v) is 5.08. The van der Waals surface area contributed by atoms with E-state index in [9.17, 15) is 9.50 Å². The van der Waals surface area contributed by atoms with E-state index in [4.69, 9.17) is 0 Å². The number of rotatable bonds is 5. The number of piperazine rings is 1. The summed E-state index contributed by atoms with van der Waals surface area (Å²) >= 11 is 0. The van der Waals surface area contributed by atoms with Crippen LogP contribution in [0.25, 0.3) is 0 Å². The summed E-state index contributed by atoms with van der Waals surface area (Å²) in [6.07, 6.45) is 1.12. The summed E-state index contributed by atoms with van der Waals surface area (Å²) in [6, 6.07) is 13.3. The highest BCUT2D eigenvalue weighted by molar-refractivity contribution is 5.78. The van der Waals surface area contributed by atoms with E-state index in [1.54, 1.807) is 12.1 Å². The molecule has 0 aliphatic carbocycles. The van der Waals surface area contributed by atoms with E-state index >= 15 is 0 Å². The number of aliphatic hydroxyl groups is 1. The van der Waals surface area contributed by atoms with E-state index < -0.39 is 6.10 Å². The van der Waals surface area contributed by atoms with Crippen molar-refractivity contribution in [3.63, 3.8) is 0 Å². The van der Waals surface area contributed by atoms with Crippen molar-refractivity contribution in [2.75, 3.05) is 56.2 Å². The van der Waals surface area contributed by atoms with Crippen LogP contribution in [0.3, 0.4) is 0 Å². The molecule has 0 spiro atoms. The maximum absolute atomic E-state index is 13.1. The second-order valence-corrected chi connectivity index (χ2v) is 8.45. The summed E-state index contributed by atoms with van der Waals surface area (Å²) in [5.41, 5.74) is 4.99. The summed E-state index contributed by atoms with van der Waals surface area (Å²) in [7, 11) is 2.18. The molecule has 2 atom stereocenters. The lowest BCUT2D eigenvalue weighted by Gasteiger charge is -2.43. The summed E-state index contributed by atoms with van der Waals surface area (Å²) in [5.74, 6) is -0.261. The molecular formula is C23H29FN4O. The number of aliphatic hydroxyl groups excluding tert-OH is 1. The Morgan fingerprint density at radius 1 is 1.07 bits per heavy atom. The minimum atomic E-state index is -0.521. The third-order valence-electron chi connectivity index (χ3n) is 6.67. The minimum absolute atomic E-state index is 0.261. The van der Waals surface area contributed by atoms with Gasteiger partial charge in [0.15, 0.2) is 0 Å². The molecule has 3 aliphatic rings. The van der Waals surface area contributed by atoms with Crippen LogP contribution < -0.4 is 9.91 Å². The van der Waals surface area contributed by atoms with Crippen LogP contribution in [0.1, 0.15) is 36.1 Å². The van der Waals surface area contributed by atoms with Gasteiger partial charge in [0.25, 0.3) is 0 Å². The Kier molecular flexibility index (Phi) is 4.94. The van der Waals surface area contributed by atoms with Gasteiger partial charge in [0.1, 0.15) is 5.82 Å². The van der Waals surface area contributed by atoms with Crippen LogP contribution in [0.4, 0.5) is 15.8 Å². The predicted octanol–water partition coefficient (Wildman–Crippen LogP) is 3.18. The molecule has 3 heterocycles. The molecule has 0 saturated carbocycles. The first-order valence-corrected chi connectivity index (χ1v) is 10.7. The lowest BCUT2D eigenvalue weighted by atomic mass is 10.0. The second kappa shape index (κ2) is 7.59. The van der Waals surface area contributed by atoms with E-state index in [1.165, 1.54) is 29.1 Å². The number of hydrogen-bond donors (Lipinski definition) is 1. The lowest BCUT2D eigenvalue weighted by molar-refractivity contribution is 0.0723. The molecule has 154 valence electrons. The largest absolute Gasteiger partial charge is 0.388 e. The van der Waals surface area contributed by atoms with Crippen molar-refractivity contribution in [2.45, 2.75) is 25.0 Å². The number of halogens is 1. The van der Waals surface area contributed by atoms with E-state index in [0.29, 0.717) is 12.5 Å². The number of benzene rings is 2. The van der Waals surface area contributed by atoms with Gasteiger partial charge in [0.05, 0.1) is 30.1 Å². The molecule has 3 aliphatic heterocycles. The summed E-state index contributed by atoms with van der Waals surface area (Å²) < 4.78 is 13.1. The molecule has 29 heavy (non-hydrogen) atoms. The number of nitrogens with zero attached hydrogens (tertiary/aromatic N) is 4. The van der Waals surface area contributed by atoms with E-state index in [0.717, 1.165) is 51.3 Å². The Morgan fingerprint density at radius 3 is 2.72 bits per heavy atom. The first-order chi connectivity index (χ1) is 14.1. The molecule has 5 nitrogen and oxygen atoms in total. The average molecular weight is 397 g/mol. The quantitative estimate of drug-likeness (QED) is 0.840. The standard InChI is InChI=1S/C23H29FN4O/c1-25-12-14-28-23-19(4-2-5-20(23)25)21-16-26(13-15-27(21)28)11-3-6-22(29)17-7-9-18(24)10-8-17/h2,4-5,7-10,21-22,29H,3,6,11-16H2,1H3/t21-,22?/m0/s1. The van der Waals surface area contributed by atoms with Gasteiger partial charge in [-0.25, -0.2) is 9.40 Å². The van der Waals surface area contributed by atoms with Gasteiger partial charge in [-0.2, -0.15) is 0 Å². The van der Waals surface area contributed by atoms with E-state index in [-0.39, 0.29) is 5.82 Å². The predicted molar refractivity (Wildman–Crippen MR) is 114 cm³/mol. The Labute approximate surface area is 171 Å². The zero-order valence-corrected chi connectivity index (χ0v) is 17.0. The Bertz CT molecular complexity index is 874. The molecule has 0 bridgehead atoms. The number of para-hydroxylation sites is 1. The number of anilines is 2. The van der Waals surface area contributed by atoms with Gasteiger partial charge in [0.2, 0.25) is 0 Å². The molecule has 0 aromatic heterocycles. The first-order valence-electron chi connectivity index (χ1n) is 10.7. The SMILES string of the molecule is CN1CCN2c3c(cccc31)[C@@H]1CN(CCCC(O)c3ccc(F)cc3)CCN12. The molecule has 1 saturated heterocycles. The van der Waals surface area contributed by atoms with Crippen LogP contribution in [0, 0.1) is 5.82 Å². The van der Waals surface area contributed by atoms with Gasteiger partial charge in [-0.1, -0.05) is 24.3 Å². The molecular weight excluding hydrogens is 367 g/mol. The molecule has 1 fully saturated rings. The van der Waals surface area contributed by atoms with Crippen LogP contribution in [-0.2, 0) is 0 Å². The Hall–Kier alpha value is -2.15. The van der Waals surface area contributed by atoms with Gasteiger partial charge >= 0.3 is 0 Å².